The first-order chi connectivity index (χ1) is 14.3. The van der Waals surface area contributed by atoms with Crippen molar-refractivity contribution < 1.29 is 34.2 Å². The Hall–Kier alpha value is -1.89. The van der Waals surface area contributed by atoms with Crippen LogP contribution in [-0.2, 0) is 14.4 Å². The summed E-state index contributed by atoms with van der Waals surface area (Å²) in [6.07, 6.45) is 18.2. The number of allylic oxidation sites excluding steroid dienone is 1. The summed E-state index contributed by atoms with van der Waals surface area (Å²) < 4.78 is -0.437. The molecule has 0 aliphatic rings. The Morgan fingerprint density at radius 3 is 1.17 bits per heavy atom. The van der Waals surface area contributed by atoms with Gasteiger partial charge in [0.2, 0.25) is 0 Å². The van der Waals surface area contributed by atoms with Crippen LogP contribution in [0.5, 0.6) is 0 Å². The van der Waals surface area contributed by atoms with Gasteiger partial charge in [-0.2, -0.15) is 0 Å². The van der Waals surface area contributed by atoms with Gasteiger partial charge in [-0.1, -0.05) is 70.3 Å². The Balaban J connectivity index is 3.88. The van der Waals surface area contributed by atoms with Crippen molar-refractivity contribution in [3.8, 4) is 0 Å². The molecule has 0 fully saturated rings. The van der Waals surface area contributed by atoms with E-state index in [1.54, 1.807) is 0 Å². The number of carbonyl (C=O) groups is 3. The Bertz CT molecular complexity index is 465. The standard InChI is InChI=1S/C23H41NO6/c1-2-3-4-5-6-7-8-9-10-11-12-13-14-15-16-17-24(18-21(25)26,19-22(27)28)20-23(29)30/h2H,1,3-20H2,(H2-,25,26,27,28,29,30)/p+1. The average Bonchev–Trinajstić information content (AvgIpc) is 2.63. The minimum absolute atomic E-state index is 0.262. The molecule has 0 bridgehead atoms. The Morgan fingerprint density at radius 2 is 0.867 bits per heavy atom. The molecule has 0 aromatic rings. The minimum atomic E-state index is -1.17. The summed E-state index contributed by atoms with van der Waals surface area (Å²) in [4.78, 5) is 33.4. The predicted octanol–water partition coefficient (Wildman–Crippen LogP) is 4.70. The number of carboxylic acid groups (broad SMARTS) is 3. The monoisotopic (exact) mass is 428 g/mol. The van der Waals surface area contributed by atoms with E-state index in [4.69, 9.17) is 15.3 Å². The third-order valence-electron chi connectivity index (χ3n) is 5.45. The molecule has 0 saturated carbocycles. The molecule has 0 unspecified atom stereocenters. The van der Waals surface area contributed by atoms with Gasteiger partial charge >= 0.3 is 17.9 Å². The maximum atomic E-state index is 11.1. The van der Waals surface area contributed by atoms with E-state index in [2.05, 4.69) is 6.58 Å². The Kier molecular flexibility index (Phi) is 16.8. The summed E-state index contributed by atoms with van der Waals surface area (Å²) in [5.74, 6) is -3.52. The van der Waals surface area contributed by atoms with Gasteiger partial charge in [0.05, 0.1) is 6.54 Å². The molecule has 0 heterocycles. The van der Waals surface area contributed by atoms with E-state index < -0.39 is 42.0 Å². The molecule has 3 N–H and O–H groups in total. The molecule has 0 aliphatic heterocycles. The smallest absolute Gasteiger partial charge is 0.359 e. The van der Waals surface area contributed by atoms with Crippen molar-refractivity contribution in [3.05, 3.63) is 12.7 Å². The zero-order valence-electron chi connectivity index (χ0n) is 18.5. The summed E-state index contributed by atoms with van der Waals surface area (Å²) in [5, 5.41) is 27.3. The van der Waals surface area contributed by atoms with E-state index in [0.29, 0.717) is 6.42 Å². The number of carboxylic acids is 3. The zero-order chi connectivity index (χ0) is 22.7. The molecule has 0 aromatic heterocycles. The fraction of sp³-hybridized carbons (Fsp3) is 0.783. The number of aliphatic carboxylic acids is 3. The largest absolute Gasteiger partial charge is 0.477 e. The van der Waals surface area contributed by atoms with Gasteiger partial charge in [0.15, 0.2) is 19.6 Å². The molecule has 0 atom stereocenters. The first-order valence-electron chi connectivity index (χ1n) is 11.4. The van der Waals surface area contributed by atoms with Gasteiger partial charge in [-0.15, -0.1) is 6.58 Å². The number of hydrogen-bond donors (Lipinski definition) is 3. The highest BCUT2D eigenvalue weighted by Gasteiger charge is 2.35. The molecule has 7 heteroatoms. The van der Waals surface area contributed by atoms with E-state index in [1.165, 1.54) is 57.8 Å². The molecule has 0 spiro atoms. The number of quaternary nitrogens is 1. The number of hydrogen-bond acceptors (Lipinski definition) is 3. The van der Waals surface area contributed by atoms with Crippen molar-refractivity contribution in [2.75, 3.05) is 26.2 Å². The van der Waals surface area contributed by atoms with E-state index in [0.717, 1.165) is 25.7 Å². The second kappa shape index (κ2) is 17.9. The summed E-state index contributed by atoms with van der Waals surface area (Å²) in [6.45, 7) is 2.56. The van der Waals surface area contributed by atoms with Crippen molar-refractivity contribution in [1.29, 1.82) is 0 Å². The maximum Gasteiger partial charge on any atom is 0.359 e. The number of rotatable bonds is 22. The lowest BCUT2D eigenvalue weighted by Crippen LogP contribution is -2.57. The molecule has 0 saturated heterocycles. The molecule has 0 aromatic carbocycles. The lowest BCUT2D eigenvalue weighted by Gasteiger charge is -2.34. The summed E-state index contributed by atoms with van der Waals surface area (Å²) in [5.41, 5.74) is 0. The van der Waals surface area contributed by atoms with Crippen molar-refractivity contribution >= 4 is 17.9 Å². The topological polar surface area (TPSA) is 112 Å². The second-order valence-corrected chi connectivity index (χ2v) is 8.39. The van der Waals surface area contributed by atoms with Gasteiger partial charge in [0.1, 0.15) is 0 Å². The van der Waals surface area contributed by atoms with Gasteiger partial charge < -0.3 is 15.3 Å². The molecule has 0 radical (unpaired) electrons. The highest BCUT2D eigenvalue weighted by Crippen LogP contribution is 2.15. The van der Waals surface area contributed by atoms with Crippen molar-refractivity contribution in [2.45, 2.75) is 89.9 Å². The van der Waals surface area contributed by atoms with E-state index in [1.807, 2.05) is 6.08 Å². The van der Waals surface area contributed by atoms with Gasteiger partial charge in [-0.05, 0) is 25.7 Å². The molecule has 7 nitrogen and oxygen atoms in total. The predicted molar refractivity (Wildman–Crippen MR) is 117 cm³/mol. The molecular formula is C23H42NO6+. The Morgan fingerprint density at radius 1 is 0.567 bits per heavy atom. The summed E-state index contributed by atoms with van der Waals surface area (Å²) in [7, 11) is 0. The first-order valence-corrected chi connectivity index (χ1v) is 11.4. The summed E-state index contributed by atoms with van der Waals surface area (Å²) >= 11 is 0. The fourth-order valence-corrected chi connectivity index (χ4v) is 3.95. The van der Waals surface area contributed by atoms with Crippen molar-refractivity contribution in [2.24, 2.45) is 0 Å². The first kappa shape index (κ1) is 28.1. The zero-order valence-corrected chi connectivity index (χ0v) is 18.5. The Labute approximate surface area is 181 Å². The average molecular weight is 429 g/mol. The number of nitrogens with zero attached hydrogens (tertiary/aromatic N) is 1. The van der Waals surface area contributed by atoms with Crippen LogP contribution >= 0.6 is 0 Å². The lowest BCUT2D eigenvalue weighted by molar-refractivity contribution is -0.907. The van der Waals surface area contributed by atoms with E-state index >= 15 is 0 Å². The van der Waals surface area contributed by atoms with Gasteiger partial charge in [-0.3, -0.25) is 4.48 Å². The van der Waals surface area contributed by atoms with Crippen LogP contribution in [0.1, 0.15) is 89.9 Å². The molecule has 0 aliphatic carbocycles. The SMILES string of the molecule is C=CCCCCCCCCCCCCCCC[N+](CC(=O)O)(CC(=O)O)CC(=O)O. The van der Waals surface area contributed by atoms with Crippen LogP contribution in [0.2, 0.25) is 0 Å². The van der Waals surface area contributed by atoms with Gasteiger partial charge in [-0.25, -0.2) is 14.4 Å². The van der Waals surface area contributed by atoms with Crippen molar-refractivity contribution in [1.82, 2.24) is 0 Å². The fourth-order valence-electron chi connectivity index (χ4n) is 3.95. The van der Waals surface area contributed by atoms with E-state index in [-0.39, 0.29) is 6.54 Å². The van der Waals surface area contributed by atoms with Gasteiger partial charge in [0, 0.05) is 0 Å². The minimum Gasteiger partial charge on any atom is -0.477 e. The number of unbranched alkanes of at least 4 members (excludes halogenated alkanes) is 13. The van der Waals surface area contributed by atoms with Crippen LogP contribution in [0, 0.1) is 0 Å². The molecule has 174 valence electrons. The molecular weight excluding hydrogens is 386 g/mol. The van der Waals surface area contributed by atoms with Crippen LogP contribution in [0.15, 0.2) is 12.7 Å². The quantitative estimate of drug-likeness (QED) is 0.131. The molecule has 0 amide bonds. The van der Waals surface area contributed by atoms with Crippen LogP contribution in [0.25, 0.3) is 0 Å². The van der Waals surface area contributed by atoms with Crippen LogP contribution in [0.4, 0.5) is 0 Å². The third-order valence-corrected chi connectivity index (χ3v) is 5.45. The van der Waals surface area contributed by atoms with Gasteiger partial charge in [0.25, 0.3) is 0 Å². The normalized spacial score (nSPS) is 11.3. The summed E-state index contributed by atoms with van der Waals surface area (Å²) in [6, 6.07) is 0. The van der Waals surface area contributed by atoms with E-state index in [9.17, 15) is 14.4 Å². The highest BCUT2D eigenvalue weighted by atomic mass is 16.4. The lowest BCUT2D eigenvalue weighted by atomic mass is 10.0. The van der Waals surface area contributed by atoms with Crippen LogP contribution in [-0.4, -0.2) is 63.9 Å². The van der Waals surface area contributed by atoms with Crippen LogP contribution < -0.4 is 0 Å². The highest BCUT2D eigenvalue weighted by molar-refractivity contribution is 5.73. The molecule has 30 heavy (non-hydrogen) atoms. The third kappa shape index (κ3) is 17.0. The second-order valence-electron chi connectivity index (χ2n) is 8.39. The van der Waals surface area contributed by atoms with Crippen molar-refractivity contribution in [3.63, 3.8) is 0 Å². The molecule has 0 rings (SSSR count). The van der Waals surface area contributed by atoms with Crippen LogP contribution in [0.3, 0.4) is 0 Å². The maximum absolute atomic E-state index is 11.1.